The third kappa shape index (κ3) is 4.89. The Morgan fingerprint density at radius 2 is 1.59 bits per heavy atom. The van der Waals surface area contributed by atoms with Crippen LogP contribution in [0.5, 0.6) is 0 Å². The van der Waals surface area contributed by atoms with E-state index in [1.807, 2.05) is 41.5 Å². The van der Waals surface area contributed by atoms with Gasteiger partial charge in [0.25, 0.3) is 0 Å². The lowest BCUT2D eigenvalue weighted by atomic mass is 9.94. The van der Waals surface area contributed by atoms with Crippen molar-refractivity contribution in [3.8, 4) is 0 Å². The molecule has 6 nitrogen and oxygen atoms in total. The predicted octanol–water partition coefficient (Wildman–Crippen LogP) is 3.58. The van der Waals surface area contributed by atoms with E-state index in [4.69, 9.17) is 4.74 Å². The number of hydrogen-bond donors (Lipinski definition) is 2. The summed E-state index contributed by atoms with van der Waals surface area (Å²) in [4.78, 5) is 28.3. The highest BCUT2D eigenvalue weighted by atomic mass is 32.1. The third-order valence-electron chi connectivity index (χ3n) is 4.90. The lowest BCUT2D eigenvalue weighted by molar-refractivity contribution is -0.136. The van der Waals surface area contributed by atoms with E-state index < -0.39 is 11.6 Å². The van der Waals surface area contributed by atoms with Crippen LogP contribution < -0.4 is 4.90 Å². The molecule has 0 atom stereocenters. The largest absolute Gasteiger partial charge is 0.481 e. The van der Waals surface area contributed by atoms with Gasteiger partial charge in [-0.15, -0.1) is 12.6 Å². The van der Waals surface area contributed by atoms with Crippen LogP contribution >= 0.6 is 12.6 Å². The van der Waals surface area contributed by atoms with Crippen LogP contribution in [0.25, 0.3) is 0 Å². The number of carbonyl (C=O) groups is 2. The average molecular weight is 395 g/mol. The summed E-state index contributed by atoms with van der Waals surface area (Å²) >= 11 is 4.63. The molecule has 150 valence electrons. The van der Waals surface area contributed by atoms with E-state index in [-0.39, 0.29) is 12.5 Å². The first-order chi connectivity index (χ1) is 12.4. The van der Waals surface area contributed by atoms with Crippen molar-refractivity contribution < 1.29 is 19.4 Å². The number of aliphatic carboxylic acids is 1. The lowest BCUT2D eigenvalue weighted by Gasteiger charge is -2.38. The van der Waals surface area contributed by atoms with Gasteiger partial charge in [0, 0.05) is 36.8 Å². The second kappa shape index (κ2) is 8.00. The van der Waals surface area contributed by atoms with Crippen LogP contribution in [0.4, 0.5) is 10.5 Å². The fourth-order valence-electron chi connectivity index (χ4n) is 3.57. The van der Waals surface area contributed by atoms with Gasteiger partial charge >= 0.3 is 12.1 Å². The first kappa shape index (κ1) is 21.4. The standard InChI is InChI=1S/C20H30N2O4S/c1-12-15(11-16(23)24)13(2)18(27)14(3)17(12)21-7-9-22(10-8-21)19(25)26-20(4,5)6/h27H,7-11H2,1-6H3,(H,23,24). The number of anilines is 1. The first-order valence-corrected chi connectivity index (χ1v) is 9.63. The summed E-state index contributed by atoms with van der Waals surface area (Å²) in [5.74, 6) is -0.849. The molecule has 0 saturated carbocycles. The Morgan fingerprint density at radius 3 is 2.07 bits per heavy atom. The summed E-state index contributed by atoms with van der Waals surface area (Å²) < 4.78 is 5.45. The van der Waals surface area contributed by atoms with Crippen molar-refractivity contribution in [3.05, 3.63) is 22.3 Å². The smallest absolute Gasteiger partial charge is 0.410 e. The minimum atomic E-state index is -0.849. The molecule has 0 aromatic heterocycles. The molecule has 1 amide bonds. The summed E-state index contributed by atoms with van der Waals surface area (Å²) in [5, 5.41) is 9.27. The lowest BCUT2D eigenvalue weighted by Crippen LogP contribution is -2.50. The van der Waals surface area contributed by atoms with Crippen molar-refractivity contribution >= 4 is 30.4 Å². The quantitative estimate of drug-likeness (QED) is 0.767. The number of benzene rings is 1. The molecule has 0 unspecified atom stereocenters. The van der Waals surface area contributed by atoms with Crippen LogP contribution in [0.3, 0.4) is 0 Å². The highest BCUT2D eigenvalue weighted by molar-refractivity contribution is 7.80. The van der Waals surface area contributed by atoms with Crippen molar-refractivity contribution in [2.75, 3.05) is 31.1 Å². The fourth-order valence-corrected chi connectivity index (χ4v) is 3.81. The minimum absolute atomic E-state index is 0.0175. The zero-order valence-corrected chi connectivity index (χ0v) is 17.9. The van der Waals surface area contributed by atoms with E-state index in [0.29, 0.717) is 26.2 Å². The number of nitrogens with zero attached hydrogens (tertiary/aromatic N) is 2. The maximum absolute atomic E-state index is 12.3. The van der Waals surface area contributed by atoms with Crippen molar-refractivity contribution in [1.29, 1.82) is 0 Å². The van der Waals surface area contributed by atoms with Gasteiger partial charge in [-0.1, -0.05) is 0 Å². The molecule has 2 rings (SSSR count). The highest BCUT2D eigenvalue weighted by Gasteiger charge is 2.28. The molecule has 0 spiro atoms. The Hall–Kier alpha value is -1.89. The van der Waals surface area contributed by atoms with Crippen LogP contribution in [0, 0.1) is 20.8 Å². The number of ether oxygens (including phenoxy) is 1. The zero-order valence-electron chi connectivity index (χ0n) is 17.0. The van der Waals surface area contributed by atoms with Crippen LogP contribution in [-0.4, -0.2) is 53.8 Å². The Labute approximate surface area is 166 Å². The molecule has 1 saturated heterocycles. The second-order valence-corrected chi connectivity index (χ2v) is 8.52. The molecule has 1 aromatic rings. The number of thiol groups is 1. The molecule has 1 aliphatic heterocycles. The summed E-state index contributed by atoms with van der Waals surface area (Å²) in [6.07, 6.45) is -0.308. The van der Waals surface area contributed by atoms with Gasteiger partial charge in [-0.2, -0.15) is 0 Å². The van der Waals surface area contributed by atoms with Crippen LogP contribution in [0.1, 0.15) is 43.0 Å². The van der Waals surface area contributed by atoms with E-state index in [1.54, 1.807) is 4.90 Å². The maximum Gasteiger partial charge on any atom is 0.410 e. The Kier molecular flexibility index (Phi) is 6.35. The molecule has 27 heavy (non-hydrogen) atoms. The first-order valence-electron chi connectivity index (χ1n) is 9.18. The molecule has 1 aliphatic rings. The molecule has 1 N–H and O–H groups in total. The number of carbonyl (C=O) groups excluding carboxylic acids is 1. The van der Waals surface area contributed by atoms with Gasteiger partial charge in [-0.05, 0) is 63.8 Å². The number of carboxylic acids is 1. The Morgan fingerprint density at radius 1 is 1.04 bits per heavy atom. The van der Waals surface area contributed by atoms with E-state index in [0.717, 1.165) is 32.8 Å². The van der Waals surface area contributed by atoms with Gasteiger partial charge in [0.05, 0.1) is 6.42 Å². The highest BCUT2D eigenvalue weighted by Crippen LogP contribution is 2.36. The molecule has 1 aromatic carbocycles. The molecule has 1 heterocycles. The van der Waals surface area contributed by atoms with Crippen LogP contribution in [0.15, 0.2) is 4.90 Å². The van der Waals surface area contributed by atoms with Crippen LogP contribution in [-0.2, 0) is 16.0 Å². The van der Waals surface area contributed by atoms with Crippen molar-refractivity contribution in [1.82, 2.24) is 4.90 Å². The normalized spacial score (nSPS) is 15.1. The topological polar surface area (TPSA) is 70.1 Å². The average Bonchev–Trinajstić information content (AvgIpc) is 2.56. The molecule has 0 bridgehead atoms. The number of hydrogen-bond acceptors (Lipinski definition) is 5. The monoisotopic (exact) mass is 394 g/mol. The van der Waals surface area contributed by atoms with E-state index >= 15 is 0 Å². The van der Waals surface area contributed by atoms with Crippen molar-refractivity contribution in [3.63, 3.8) is 0 Å². The Balaban J connectivity index is 2.24. The predicted molar refractivity (Wildman–Crippen MR) is 109 cm³/mol. The molecular weight excluding hydrogens is 364 g/mol. The van der Waals surface area contributed by atoms with Gasteiger partial charge in [0.1, 0.15) is 5.60 Å². The maximum atomic E-state index is 12.3. The van der Waals surface area contributed by atoms with Gasteiger partial charge in [-0.3, -0.25) is 4.79 Å². The summed E-state index contributed by atoms with van der Waals surface area (Å²) in [6, 6.07) is 0. The zero-order chi connectivity index (χ0) is 20.5. The molecule has 1 fully saturated rings. The molecule has 0 aliphatic carbocycles. The van der Waals surface area contributed by atoms with Gasteiger partial charge in [0.2, 0.25) is 0 Å². The van der Waals surface area contributed by atoms with Crippen LogP contribution in [0.2, 0.25) is 0 Å². The number of piperazine rings is 1. The number of amides is 1. The van der Waals surface area contributed by atoms with E-state index in [1.165, 1.54) is 0 Å². The third-order valence-corrected chi connectivity index (χ3v) is 5.57. The SMILES string of the molecule is Cc1c(S)c(C)c(N2CCN(C(=O)OC(C)(C)C)CC2)c(C)c1CC(=O)O. The molecular formula is C20H30N2O4S. The second-order valence-electron chi connectivity index (χ2n) is 8.08. The molecule has 0 radical (unpaired) electrons. The van der Waals surface area contributed by atoms with Gasteiger partial charge < -0.3 is 19.6 Å². The van der Waals surface area contributed by atoms with Gasteiger partial charge in [0.15, 0.2) is 0 Å². The van der Waals surface area contributed by atoms with Gasteiger partial charge in [-0.25, -0.2) is 4.79 Å². The van der Waals surface area contributed by atoms with Crippen molar-refractivity contribution in [2.45, 2.75) is 58.5 Å². The Bertz CT molecular complexity index is 748. The molecule has 7 heteroatoms. The summed E-state index contributed by atoms with van der Waals surface area (Å²) in [7, 11) is 0. The summed E-state index contributed by atoms with van der Waals surface area (Å²) in [6.45, 7) is 14.0. The number of carboxylic acid groups (broad SMARTS) is 1. The summed E-state index contributed by atoms with van der Waals surface area (Å²) in [5.41, 5.74) is 4.30. The minimum Gasteiger partial charge on any atom is -0.481 e. The number of rotatable bonds is 3. The van der Waals surface area contributed by atoms with Crippen molar-refractivity contribution in [2.24, 2.45) is 0 Å². The van der Waals surface area contributed by atoms with E-state index in [2.05, 4.69) is 17.5 Å². The van der Waals surface area contributed by atoms with E-state index in [9.17, 15) is 14.7 Å². The fraction of sp³-hybridized carbons (Fsp3) is 0.600.